The summed E-state index contributed by atoms with van der Waals surface area (Å²) >= 11 is 1.64. The first-order chi connectivity index (χ1) is 11.7. The van der Waals surface area contributed by atoms with Crippen molar-refractivity contribution in [2.75, 3.05) is 6.61 Å². The Balaban J connectivity index is 1.70. The van der Waals surface area contributed by atoms with Crippen LogP contribution >= 0.6 is 11.8 Å². The number of hydrogen-bond acceptors (Lipinski definition) is 5. The standard InChI is InChI=1S/C18H21N3O2S/c1-4-22-13(3)23-17-9-10-19-16(12(17)2)11-24-18-20-14-7-5-6-8-15(14)21-18/h5-10,13H,4,11H2,1-3H3,(H,20,21)/t13-/m1/s1. The number of rotatable bonds is 7. The third-order valence-electron chi connectivity index (χ3n) is 3.67. The van der Waals surface area contributed by atoms with Crippen LogP contribution in [0.15, 0.2) is 41.7 Å². The topological polar surface area (TPSA) is 60.0 Å². The average Bonchev–Trinajstić information content (AvgIpc) is 2.99. The van der Waals surface area contributed by atoms with Gasteiger partial charge < -0.3 is 14.5 Å². The molecule has 2 aromatic heterocycles. The van der Waals surface area contributed by atoms with Crippen molar-refractivity contribution in [2.45, 2.75) is 38.0 Å². The van der Waals surface area contributed by atoms with Crippen LogP contribution in [0.1, 0.15) is 25.1 Å². The number of fused-ring (bicyclic) bond motifs is 1. The van der Waals surface area contributed by atoms with E-state index in [0.717, 1.165) is 38.9 Å². The molecule has 3 rings (SSSR count). The van der Waals surface area contributed by atoms with Crippen LogP contribution in [0.3, 0.4) is 0 Å². The molecule has 1 N–H and O–H groups in total. The molecule has 0 saturated carbocycles. The largest absolute Gasteiger partial charge is 0.465 e. The Morgan fingerprint density at radius 2 is 2.08 bits per heavy atom. The predicted molar refractivity (Wildman–Crippen MR) is 96.3 cm³/mol. The third-order valence-corrected chi connectivity index (χ3v) is 4.55. The number of nitrogens with zero attached hydrogens (tertiary/aromatic N) is 2. The third kappa shape index (κ3) is 3.88. The molecule has 0 aliphatic heterocycles. The highest BCUT2D eigenvalue weighted by Gasteiger charge is 2.11. The molecule has 0 bridgehead atoms. The fraction of sp³-hybridized carbons (Fsp3) is 0.333. The van der Waals surface area contributed by atoms with Gasteiger partial charge in [0.2, 0.25) is 0 Å². The quantitative estimate of drug-likeness (QED) is 0.511. The molecule has 0 unspecified atom stereocenters. The Kier molecular flexibility index (Phi) is 5.37. The van der Waals surface area contributed by atoms with Gasteiger partial charge in [-0.2, -0.15) is 0 Å². The number of H-pyrrole nitrogens is 1. The Labute approximate surface area is 145 Å². The van der Waals surface area contributed by atoms with Crippen molar-refractivity contribution in [1.29, 1.82) is 0 Å². The van der Waals surface area contributed by atoms with E-state index in [1.165, 1.54) is 0 Å². The maximum Gasteiger partial charge on any atom is 0.196 e. The second-order valence-corrected chi connectivity index (χ2v) is 6.33. The van der Waals surface area contributed by atoms with Gasteiger partial charge in [-0.3, -0.25) is 4.98 Å². The zero-order chi connectivity index (χ0) is 16.9. The van der Waals surface area contributed by atoms with Crippen LogP contribution in [-0.4, -0.2) is 27.8 Å². The van der Waals surface area contributed by atoms with Gasteiger partial charge in [0.05, 0.1) is 16.7 Å². The van der Waals surface area contributed by atoms with Crippen molar-refractivity contribution >= 4 is 22.8 Å². The number of hydrogen-bond donors (Lipinski definition) is 1. The van der Waals surface area contributed by atoms with Crippen molar-refractivity contribution in [2.24, 2.45) is 0 Å². The summed E-state index contributed by atoms with van der Waals surface area (Å²) in [6.07, 6.45) is 1.50. The molecule has 3 aromatic rings. The summed E-state index contributed by atoms with van der Waals surface area (Å²) in [6, 6.07) is 9.90. The lowest BCUT2D eigenvalue weighted by Crippen LogP contribution is -2.16. The number of aromatic amines is 1. The summed E-state index contributed by atoms with van der Waals surface area (Å²) in [7, 11) is 0. The Morgan fingerprint density at radius 3 is 2.88 bits per heavy atom. The highest BCUT2D eigenvalue weighted by Crippen LogP contribution is 2.27. The van der Waals surface area contributed by atoms with E-state index >= 15 is 0 Å². The van der Waals surface area contributed by atoms with Gasteiger partial charge in [-0.15, -0.1) is 0 Å². The van der Waals surface area contributed by atoms with E-state index in [0.29, 0.717) is 6.61 Å². The molecule has 2 heterocycles. The van der Waals surface area contributed by atoms with Gasteiger partial charge in [-0.1, -0.05) is 23.9 Å². The molecule has 0 aliphatic rings. The van der Waals surface area contributed by atoms with Crippen molar-refractivity contribution in [3.8, 4) is 5.75 Å². The van der Waals surface area contributed by atoms with Crippen LogP contribution in [0.4, 0.5) is 0 Å². The minimum atomic E-state index is -0.271. The lowest BCUT2D eigenvalue weighted by atomic mass is 10.2. The molecule has 0 fully saturated rings. The van der Waals surface area contributed by atoms with Gasteiger partial charge in [0.15, 0.2) is 11.4 Å². The van der Waals surface area contributed by atoms with Crippen LogP contribution < -0.4 is 4.74 Å². The molecule has 24 heavy (non-hydrogen) atoms. The normalized spacial score (nSPS) is 12.5. The minimum absolute atomic E-state index is 0.271. The fourth-order valence-electron chi connectivity index (χ4n) is 2.41. The molecule has 5 nitrogen and oxygen atoms in total. The van der Waals surface area contributed by atoms with E-state index in [1.54, 1.807) is 18.0 Å². The number of imidazole rings is 1. The predicted octanol–water partition coefficient (Wildman–Crippen LogP) is 4.32. The van der Waals surface area contributed by atoms with Gasteiger partial charge in [-0.05, 0) is 39.0 Å². The molecule has 1 aromatic carbocycles. The van der Waals surface area contributed by atoms with Gasteiger partial charge in [0.25, 0.3) is 0 Å². The number of para-hydroxylation sites is 2. The Hall–Kier alpha value is -2.05. The molecular weight excluding hydrogens is 322 g/mol. The SMILES string of the molecule is CCO[C@@H](C)Oc1ccnc(CSc2nc3ccccc3[nH]2)c1C. The molecule has 0 spiro atoms. The highest BCUT2D eigenvalue weighted by atomic mass is 32.2. The van der Waals surface area contributed by atoms with E-state index in [1.807, 2.05) is 51.1 Å². The molecule has 6 heteroatoms. The number of pyridine rings is 1. The minimum Gasteiger partial charge on any atom is -0.465 e. The Morgan fingerprint density at radius 1 is 1.25 bits per heavy atom. The zero-order valence-corrected chi connectivity index (χ0v) is 14.9. The van der Waals surface area contributed by atoms with Crippen LogP contribution in [0.5, 0.6) is 5.75 Å². The van der Waals surface area contributed by atoms with E-state index in [-0.39, 0.29) is 6.29 Å². The lowest BCUT2D eigenvalue weighted by Gasteiger charge is -2.17. The lowest BCUT2D eigenvalue weighted by molar-refractivity contribution is -0.0617. The van der Waals surface area contributed by atoms with E-state index < -0.39 is 0 Å². The van der Waals surface area contributed by atoms with Crippen LogP contribution in [0.2, 0.25) is 0 Å². The fourth-order valence-corrected chi connectivity index (χ4v) is 3.32. The molecule has 126 valence electrons. The summed E-state index contributed by atoms with van der Waals surface area (Å²) in [5, 5.41) is 0.895. The summed E-state index contributed by atoms with van der Waals surface area (Å²) in [6.45, 7) is 6.50. The second kappa shape index (κ2) is 7.68. The van der Waals surface area contributed by atoms with Gasteiger partial charge in [0.1, 0.15) is 5.75 Å². The van der Waals surface area contributed by atoms with Crippen molar-refractivity contribution in [3.05, 3.63) is 47.8 Å². The summed E-state index contributed by atoms with van der Waals surface area (Å²) < 4.78 is 11.3. The Bertz CT molecular complexity index is 786. The maximum absolute atomic E-state index is 5.83. The van der Waals surface area contributed by atoms with Crippen LogP contribution in [0.25, 0.3) is 11.0 Å². The molecule has 0 saturated heterocycles. The maximum atomic E-state index is 5.83. The van der Waals surface area contributed by atoms with Gasteiger partial charge in [-0.25, -0.2) is 4.98 Å². The van der Waals surface area contributed by atoms with Gasteiger partial charge >= 0.3 is 0 Å². The summed E-state index contributed by atoms with van der Waals surface area (Å²) in [4.78, 5) is 12.4. The average molecular weight is 343 g/mol. The summed E-state index contributed by atoms with van der Waals surface area (Å²) in [5.41, 5.74) is 4.05. The van der Waals surface area contributed by atoms with Crippen LogP contribution in [-0.2, 0) is 10.5 Å². The summed E-state index contributed by atoms with van der Waals surface area (Å²) in [5.74, 6) is 1.54. The number of benzene rings is 1. The molecule has 1 atom stereocenters. The van der Waals surface area contributed by atoms with Crippen molar-refractivity contribution < 1.29 is 9.47 Å². The van der Waals surface area contributed by atoms with E-state index in [4.69, 9.17) is 9.47 Å². The first-order valence-electron chi connectivity index (χ1n) is 7.97. The van der Waals surface area contributed by atoms with Crippen LogP contribution in [0, 0.1) is 6.92 Å². The van der Waals surface area contributed by atoms with E-state index in [2.05, 4.69) is 15.0 Å². The monoisotopic (exact) mass is 343 g/mol. The first-order valence-corrected chi connectivity index (χ1v) is 8.96. The highest BCUT2D eigenvalue weighted by molar-refractivity contribution is 7.98. The number of aromatic nitrogens is 3. The van der Waals surface area contributed by atoms with Crippen molar-refractivity contribution in [3.63, 3.8) is 0 Å². The number of thioether (sulfide) groups is 1. The number of nitrogens with one attached hydrogen (secondary N) is 1. The molecule has 0 amide bonds. The molecular formula is C18H21N3O2S. The molecule has 0 aliphatic carbocycles. The van der Waals surface area contributed by atoms with E-state index in [9.17, 15) is 0 Å². The first kappa shape index (κ1) is 16.8. The smallest absolute Gasteiger partial charge is 0.196 e. The second-order valence-electron chi connectivity index (χ2n) is 5.37. The number of ether oxygens (including phenoxy) is 2. The molecule has 0 radical (unpaired) electrons. The van der Waals surface area contributed by atoms with Gasteiger partial charge in [0, 0.05) is 24.1 Å². The zero-order valence-electron chi connectivity index (χ0n) is 14.1. The van der Waals surface area contributed by atoms with Crippen molar-refractivity contribution in [1.82, 2.24) is 15.0 Å².